The van der Waals surface area contributed by atoms with E-state index in [9.17, 15) is 14.9 Å². The SMILES string of the molecule is CCOC(=O)N1CCC(Nc2ccc([N+](=O)[O-])cc2)C1. The molecule has 1 aliphatic heterocycles. The first kappa shape index (κ1) is 14.1. The molecule has 1 aromatic carbocycles. The molecule has 1 unspecified atom stereocenters. The number of benzene rings is 1. The molecule has 1 N–H and O–H groups in total. The van der Waals surface area contributed by atoms with E-state index in [1.807, 2.05) is 0 Å². The van der Waals surface area contributed by atoms with Crippen LogP contribution in [0, 0.1) is 10.1 Å². The van der Waals surface area contributed by atoms with Crippen LogP contribution in [0.5, 0.6) is 0 Å². The van der Waals surface area contributed by atoms with Gasteiger partial charge in [0.25, 0.3) is 5.69 Å². The zero-order valence-electron chi connectivity index (χ0n) is 11.2. The summed E-state index contributed by atoms with van der Waals surface area (Å²) >= 11 is 0. The molecule has 1 aliphatic rings. The van der Waals surface area contributed by atoms with Crippen molar-refractivity contribution in [3.05, 3.63) is 34.4 Å². The highest BCUT2D eigenvalue weighted by atomic mass is 16.6. The molecule has 0 aliphatic carbocycles. The van der Waals surface area contributed by atoms with Crippen LogP contribution in [0.2, 0.25) is 0 Å². The van der Waals surface area contributed by atoms with Crippen LogP contribution < -0.4 is 5.32 Å². The number of non-ortho nitro benzene ring substituents is 1. The van der Waals surface area contributed by atoms with E-state index in [2.05, 4.69) is 5.32 Å². The molecule has 0 aromatic heterocycles. The van der Waals surface area contributed by atoms with Gasteiger partial charge in [0.2, 0.25) is 0 Å². The third-order valence-electron chi connectivity index (χ3n) is 3.16. The summed E-state index contributed by atoms with van der Waals surface area (Å²) in [6.07, 6.45) is 0.538. The monoisotopic (exact) mass is 279 g/mol. The van der Waals surface area contributed by atoms with Crippen LogP contribution >= 0.6 is 0 Å². The minimum absolute atomic E-state index is 0.0649. The van der Waals surface area contributed by atoms with Crippen molar-refractivity contribution >= 4 is 17.5 Å². The Morgan fingerprint density at radius 3 is 2.80 bits per heavy atom. The van der Waals surface area contributed by atoms with Gasteiger partial charge >= 0.3 is 6.09 Å². The van der Waals surface area contributed by atoms with Crippen LogP contribution in [0.1, 0.15) is 13.3 Å². The number of carbonyl (C=O) groups is 1. The van der Waals surface area contributed by atoms with Crippen molar-refractivity contribution in [2.24, 2.45) is 0 Å². The second kappa shape index (κ2) is 6.23. The summed E-state index contributed by atoms with van der Waals surface area (Å²) in [5.74, 6) is 0. The maximum absolute atomic E-state index is 11.6. The Labute approximate surface area is 116 Å². The van der Waals surface area contributed by atoms with Gasteiger partial charge in [0, 0.05) is 37.0 Å². The van der Waals surface area contributed by atoms with Crippen molar-refractivity contribution in [3.8, 4) is 0 Å². The summed E-state index contributed by atoms with van der Waals surface area (Å²) in [7, 11) is 0. The lowest BCUT2D eigenvalue weighted by Gasteiger charge is -2.17. The predicted octanol–water partition coefficient (Wildman–Crippen LogP) is 2.24. The van der Waals surface area contributed by atoms with Gasteiger partial charge < -0.3 is 15.0 Å². The number of likely N-dealkylation sites (tertiary alicyclic amines) is 1. The van der Waals surface area contributed by atoms with E-state index in [0.717, 1.165) is 12.1 Å². The number of amides is 1. The summed E-state index contributed by atoms with van der Waals surface area (Å²) in [6, 6.07) is 6.40. The van der Waals surface area contributed by atoms with E-state index in [1.165, 1.54) is 12.1 Å². The fraction of sp³-hybridized carbons (Fsp3) is 0.462. The Hall–Kier alpha value is -2.31. The fourth-order valence-electron chi connectivity index (χ4n) is 2.17. The zero-order chi connectivity index (χ0) is 14.5. The topological polar surface area (TPSA) is 84.7 Å². The van der Waals surface area contributed by atoms with E-state index in [0.29, 0.717) is 19.7 Å². The van der Waals surface area contributed by atoms with Gasteiger partial charge in [-0.1, -0.05) is 0 Å². The Morgan fingerprint density at radius 2 is 2.20 bits per heavy atom. The maximum atomic E-state index is 11.6. The highest BCUT2D eigenvalue weighted by Gasteiger charge is 2.26. The Morgan fingerprint density at radius 1 is 1.50 bits per heavy atom. The number of nitro benzene ring substituents is 1. The highest BCUT2D eigenvalue weighted by Crippen LogP contribution is 2.19. The average molecular weight is 279 g/mol. The van der Waals surface area contributed by atoms with Crippen molar-refractivity contribution in [1.29, 1.82) is 0 Å². The molecule has 0 saturated carbocycles. The number of hydrogen-bond donors (Lipinski definition) is 1. The lowest BCUT2D eigenvalue weighted by Crippen LogP contribution is -2.32. The molecular weight excluding hydrogens is 262 g/mol. The van der Waals surface area contributed by atoms with Gasteiger partial charge in [-0.15, -0.1) is 0 Å². The van der Waals surface area contributed by atoms with E-state index in [4.69, 9.17) is 4.74 Å². The number of ether oxygens (including phenoxy) is 1. The molecule has 7 heteroatoms. The van der Waals surface area contributed by atoms with Crippen molar-refractivity contribution in [1.82, 2.24) is 4.90 Å². The molecule has 1 heterocycles. The van der Waals surface area contributed by atoms with Crippen LogP contribution in [0.25, 0.3) is 0 Å². The summed E-state index contributed by atoms with van der Waals surface area (Å²) in [6.45, 7) is 3.38. The van der Waals surface area contributed by atoms with Gasteiger partial charge in [0.15, 0.2) is 0 Å². The number of rotatable bonds is 4. The van der Waals surface area contributed by atoms with E-state index in [-0.39, 0.29) is 17.8 Å². The first-order valence-corrected chi connectivity index (χ1v) is 6.53. The smallest absolute Gasteiger partial charge is 0.409 e. The Balaban J connectivity index is 1.88. The molecule has 0 bridgehead atoms. The molecule has 7 nitrogen and oxygen atoms in total. The number of nitro groups is 1. The summed E-state index contributed by atoms with van der Waals surface area (Å²) < 4.78 is 4.95. The van der Waals surface area contributed by atoms with Crippen LogP contribution in [0.4, 0.5) is 16.2 Å². The minimum Gasteiger partial charge on any atom is -0.450 e. The number of hydrogen-bond acceptors (Lipinski definition) is 5. The van der Waals surface area contributed by atoms with Crippen molar-refractivity contribution in [3.63, 3.8) is 0 Å². The van der Waals surface area contributed by atoms with Crippen LogP contribution in [0.3, 0.4) is 0 Å². The first-order valence-electron chi connectivity index (χ1n) is 6.53. The van der Waals surface area contributed by atoms with Gasteiger partial charge in [-0.25, -0.2) is 4.79 Å². The second-order valence-corrected chi connectivity index (χ2v) is 4.58. The molecular formula is C13H17N3O4. The zero-order valence-corrected chi connectivity index (χ0v) is 11.2. The minimum atomic E-state index is -0.429. The third-order valence-corrected chi connectivity index (χ3v) is 3.16. The van der Waals surface area contributed by atoms with E-state index >= 15 is 0 Å². The molecule has 1 saturated heterocycles. The molecule has 0 spiro atoms. The molecule has 20 heavy (non-hydrogen) atoms. The van der Waals surface area contributed by atoms with Gasteiger partial charge in [0.05, 0.1) is 11.5 Å². The largest absolute Gasteiger partial charge is 0.450 e. The molecule has 1 amide bonds. The average Bonchev–Trinajstić information content (AvgIpc) is 2.88. The third kappa shape index (κ3) is 3.37. The number of nitrogens with one attached hydrogen (secondary N) is 1. The van der Waals surface area contributed by atoms with E-state index in [1.54, 1.807) is 24.0 Å². The fourth-order valence-corrected chi connectivity index (χ4v) is 2.17. The standard InChI is InChI=1S/C13H17N3O4/c1-2-20-13(17)15-8-7-11(9-15)14-10-3-5-12(6-4-10)16(18)19/h3-6,11,14H,2,7-9H2,1H3. The number of nitrogens with zero attached hydrogens (tertiary/aromatic N) is 2. The molecule has 2 rings (SSSR count). The normalized spacial score (nSPS) is 17.9. The number of anilines is 1. The lowest BCUT2D eigenvalue weighted by atomic mass is 10.2. The molecule has 1 atom stereocenters. The second-order valence-electron chi connectivity index (χ2n) is 4.58. The van der Waals surface area contributed by atoms with Crippen LogP contribution in [-0.2, 0) is 4.74 Å². The van der Waals surface area contributed by atoms with Crippen molar-refractivity contribution < 1.29 is 14.5 Å². The molecule has 0 radical (unpaired) electrons. The summed E-state index contributed by atoms with van der Waals surface area (Å²) in [4.78, 5) is 23.4. The van der Waals surface area contributed by atoms with Gasteiger partial charge in [-0.2, -0.15) is 0 Å². The summed E-state index contributed by atoms with van der Waals surface area (Å²) in [5.41, 5.74) is 0.876. The maximum Gasteiger partial charge on any atom is 0.409 e. The highest BCUT2D eigenvalue weighted by molar-refractivity contribution is 5.68. The predicted molar refractivity (Wildman–Crippen MR) is 73.7 cm³/mol. The van der Waals surface area contributed by atoms with Crippen LogP contribution in [0.15, 0.2) is 24.3 Å². The number of carbonyl (C=O) groups excluding carboxylic acids is 1. The molecule has 108 valence electrons. The van der Waals surface area contributed by atoms with Gasteiger partial charge in [-0.05, 0) is 25.5 Å². The first-order chi connectivity index (χ1) is 9.60. The van der Waals surface area contributed by atoms with E-state index < -0.39 is 4.92 Å². The Bertz CT molecular complexity index is 489. The van der Waals surface area contributed by atoms with Gasteiger partial charge in [0.1, 0.15) is 0 Å². The van der Waals surface area contributed by atoms with Crippen molar-refractivity contribution in [2.75, 3.05) is 25.0 Å². The van der Waals surface area contributed by atoms with Crippen molar-refractivity contribution in [2.45, 2.75) is 19.4 Å². The lowest BCUT2D eigenvalue weighted by molar-refractivity contribution is -0.384. The van der Waals surface area contributed by atoms with Gasteiger partial charge in [-0.3, -0.25) is 10.1 Å². The van der Waals surface area contributed by atoms with Crippen LogP contribution in [-0.4, -0.2) is 41.7 Å². The quantitative estimate of drug-likeness (QED) is 0.675. The Kier molecular flexibility index (Phi) is 4.39. The molecule has 1 aromatic rings. The summed E-state index contributed by atoms with van der Waals surface area (Å²) in [5, 5.41) is 13.8. The molecule has 1 fully saturated rings.